The Bertz CT molecular complexity index is 1060. The number of alkyl halides is 3. The first-order chi connectivity index (χ1) is 15.9. The van der Waals surface area contributed by atoms with E-state index in [1.54, 1.807) is 0 Å². The van der Waals surface area contributed by atoms with E-state index >= 15 is 0 Å². The fraction of sp³-hybridized carbons (Fsp3) is 0.542. The molecule has 1 amide bonds. The summed E-state index contributed by atoms with van der Waals surface area (Å²) in [5.41, 5.74) is 5.59. The van der Waals surface area contributed by atoms with Gasteiger partial charge in [-0.3, -0.25) is 4.79 Å². The third kappa shape index (κ3) is 5.66. The lowest BCUT2D eigenvalue weighted by Gasteiger charge is -2.42. The van der Waals surface area contributed by atoms with Gasteiger partial charge in [0.15, 0.2) is 0 Å². The zero-order valence-electron chi connectivity index (χ0n) is 19.5. The van der Waals surface area contributed by atoms with E-state index in [2.05, 4.69) is 5.32 Å². The predicted octanol–water partition coefficient (Wildman–Crippen LogP) is 3.62. The quantitative estimate of drug-likeness (QED) is 0.600. The number of carbonyl (C=O) groups is 1. The predicted molar refractivity (Wildman–Crippen MR) is 125 cm³/mol. The van der Waals surface area contributed by atoms with Crippen molar-refractivity contribution in [2.75, 3.05) is 25.4 Å². The van der Waals surface area contributed by atoms with Crippen LogP contribution in [-0.2, 0) is 20.2 Å². The number of sulfonamides is 1. The van der Waals surface area contributed by atoms with E-state index < -0.39 is 39.0 Å². The van der Waals surface area contributed by atoms with E-state index in [0.29, 0.717) is 32.4 Å². The van der Waals surface area contributed by atoms with Crippen molar-refractivity contribution in [3.8, 4) is 0 Å². The van der Waals surface area contributed by atoms with Crippen LogP contribution >= 0.6 is 0 Å². The van der Waals surface area contributed by atoms with Crippen LogP contribution < -0.4 is 11.1 Å². The van der Waals surface area contributed by atoms with Gasteiger partial charge < -0.3 is 11.1 Å². The van der Waals surface area contributed by atoms with Crippen molar-refractivity contribution in [2.45, 2.75) is 51.1 Å². The normalized spacial score (nSPS) is 21.8. The Kier molecular flexibility index (Phi) is 7.82. The molecule has 1 saturated heterocycles. The lowest BCUT2D eigenvalue weighted by atomic mass is 9.73. The van der Waals surface area contributed by atoms with Crippen molar-refractivity contribution >= 4 is 15.9 Å². The summed E-state index contributed by atoms with van der Waals surface area (Å²) in [6.07, 6.45) is -2.15. The molecule has 1 aromatic rings. The van der Waals surface area contributed by atoms with Crippen LogP contribution in [0.2, 0.25) is 0 Å². The molecule has 1 fully saturated rings. The van der Waals surface area contributed by atoms with Crippen molar-refractivity contribution in [3.63, 3.8) is 0 Å². The molecule has 34 heavy (non-hydrogen) atoms. The van der Waals surface area contributed by atoms with Gasteiger partial charge in [0.05, 0.1) is 5.75 Å². The Balaban J connectivity index is 1.79. The van der Waals surface area contributed by atoms with Crippen LogP contribution in [0.4, 0.5) is 13.2 Å². The number of piperidine rings is 1. The molecular weight excluding hydrogens is 467 g/mol. The fourth-order valence-electron chi connectivity index (χ4n) is 4.81. The second-order valence-corrected chi connectivity index (χ2v) is 11.3. The summed E-state index contributed by atoms with van der Waals surface area (Å²) in [7, 11) is -3.32. The minimum atomic E-state index is -4.49. The number of benzene rings is 1. The zero-order chi connectivity index (χ0) is 25.1. The molecule has 0 aromatic heterocycles. The van der Waals surface area contributed by atoms with Crippen molar-refractivity contribution in [3.05, 3.63) is 58.8 Å². The molecule has 1 aliphatic carbocycles. The average molecular weight is 500 g/mol. The maximum atomic E-state index is 13.2. The third-order valence-electron chi connectivity index (χ3n) is 6.81. The van der Waals surface area contributed by atoms with Gasteiger partial charge in [-0.15, -0.1) is 0 Å². The van der Waals surface area contributed by atoms with Crippen molar-refractivity contribution in [2.24, 2.45) is 11.7 Å². The van der Waals surface area contributed by atoms with Crippen LogP contribution in [-0.4, -0.2) is 50.2 Å². The lowest BCUT2D eigenvalue weighted by Crippen LogP contribution is -2.51. The molecule has 0 radical (unpaired) electrons. The number of hydrogen-bond acceptors (Lipinski definition) is 4. The van der Waals surface area contributed by atoms with E-state index in [-0.39, 0.29) is 30.0 Å². The first kappa shape index (κ1) is 26.3. The lowest BCUT2D eigenvalue weighted by molar-refractivity contribution is -0.118. The number of carbonyl (C=O) groups excluding carboxylic acids is 1. The molecular formula is C24H32F3N3O3S. The number of amides is 1. The molecule has 1 heterocycles. The summed E-state index contributed by atoms with van der Waals surface area (Å²) in [6.45, 7) is 4.17. The molecule has 188 valence electrons. The highest BCUT2D eigenvalue weighted by Crippen LogP contribution is 2.39. The van der Waals surface area contributed by atoms with Gasteiger partial charge in [-0.25, -0.2) is 12.7 Å². The third-order valence-corrected chi connectivity index (χ3v) is 8.89. The second-order valence-electron chi connectivity index (χ2n) is 9.18. The number of allylic oxidation sites excluding steroid dienone is 2. The summed E-state index contributed by atoms with van der Waals surface area (Å²) in [5.74, 6) is -1.26. The molecule has 0 bridgehead atoms. The standard InChI is InChI=1S/C24H32F3N3O3S/c1-3-13-34(32,33)30-11-9-23(10-12-30,18-7-5-4-6-8-18)16-29-22(31)19-14-17(2)20(15-21(19)28)24(25,26)27/h4-8,15,17H,3,9-14,16,28H2,1-2H3,(H,29,31). The molecule has 6 nitrogen and oxygen atoms in total. The summed E-state index contributed by atoms with van der Waals surface area (Å²) >= 11 is 0. The smallest absolute Gasteiger partial charge is 0.398 e. The van der Waals surface area contributed by atoms with Gasteiger partial charge in [0.2, 0.25) is 15.9 Å². The summed E-state index contributed by atoms with van der Waals surface area (Å²) in [4.78, 5) is 13.0. The van der Waals surface area contributed by atoms with Crippen LogP contribution in [0, 0.1) is 5.92 Å². The maximum absolute atomic E-state index is 13.2. The van der Waals surface area contributed by atoms with Gasteiger partial charge in [0, 0.05) is 41.9 Å². The number of nitrogens with one attached hydrogen (secondary N) is 1. The number of hydrogen-bond donors (Lipinski definition) is 2. The summed E-state index contributed by atoms with van der Waals surface area (Å²) in [5, 5.41) is 2.89. The molecule has 3 N–H and O–H groups in total. The van der Waals surface area contributed by atoms with Crippen molar-refractivity contribution in [1.82, 2.24) is 9.62 Å². The summed E-state index contributed by atoms with van der Waals surface area (Å²) < 4.78 is 66.1. The van der Waals surface area contributed by atoms with Gasteiger partial charge in [-0.1, -0.05) is 44.2 Å². The first-order valence-corrected chi connectivity index (χ1v) is 13.1. The maximum Gasteiger partial charge on any atom is 0.413 e. The molecule has 0 saturated carbocycles. The van der Waals surface area contributed by atoms with E-state index in [0.717, 1.165) is 11.6 Å². The average Bonchev–Trinajstić information content (AvgIpc) is 2.79. The van der Waals surface area contributed by atoms with E-state index in [4.69, 9.17) is 5.73 Å². The van der Waals surface area contributed by atoms with E-state index in [9.17, 15) is 26.4 Å². The topological polar surface area (TPSA) is 92.5 Å². The molecule has 0 spiro atoms. The Morgan fingerprint density at radius 1 is 1.21 bits per heavy atom. The fourth-order valence-corrected chi connectivity index (χ4v) is 6.32. The first-order valence-electron chi connectivity index (χ1n) is 11.5. The number of rotatable bonds is 7. The molecule has 1 unspecified atom stereocenters. The minimum Gasteiger partial charge on any atom is -0.398 e. The zero-order valence-corrected chi connectivity index (χ0v) is 20.3. The Labute approximate surface area is 199 Å². The van der Waals surface area contributed by atoms with Crippen LogP contribution in [0.15, 0.2) is 53.3 Å². The molecule has 1 aromatic carbocycles. The Morgan fingerprint density at radius 3 is 2.38 bits per heavy atom. The van der Waals surface area contributed by atoms with Gasteiger partial charge in [0.25, 0.3) is 0 Å². The minimum absolute atomic E-state index is 0.0929. The highest BCUT2D eigenvalue weighted by molar-refractivity contribution is 7.89. The number of nitrogens with two attached hydrogens (primary N) is 1. The van der Waals surface area contributed by atoms with Gasteiger partial charge in [0.1, 0.15) is 0 Å². The van der Waals surface area contributed by atoms with Crippen LogP contribution in [0.25, 0.3) is 0 Å². The SMILES string of the molecule is CCCS(=O)(=O)N1CCC(CNC(=O)C2=C(N)C=C(C(F)(F)F)C(C)C2)(c2ccccc2)CC1. The van der Waals surface area contributed by atoms with Crippen LogP contribution in [0.5, 0.6) is 0 Å². The van der Waals surface area contributed by atoms with E-state index in [1.807, 2.05) is 37.3 Å². The summed E-state index contributed by atoms with van der Waals surface area (Å²) in [6, 6.07) is 9.59. The Morgan fingerprint density at radius 2 is 1.82 bits per heavy atom. The molecule has 1 atom stereocenters. The van der Waals surface area contributed by atoms with Gasteiger partial charge >= 0.3 is 6.18 Å². The van der Waals surface area contributed by atoms with Crippen LogP contribution in [0.3, 0.4) is 0 Å². The van der Waals surface area contributed by atoms with Crippen molar-refractivity contribution < 1.29 is 26.4 Å². The van der Waals surface area contributed by atoms with E-state index in [1.165, 1.54) is 11.2 Å². The Hall–Kier alpha value is -2.33. The van der Waals surface area contributed by atoms with Gasteiger partial charge in [-0.05, 0) is 43.2 Å². The number of nitrogens with zero attached hydrogens (tertiary/aromatic N) is 1. The molecule has 3 rings (SSSR count). The largest absolute Gasteiger partial charge is 0.413 e. The second kappa shape index (κ2) is 10.1. The van der Waals surface area contributed by atoms with Crippen LogP contribution in [0.1, 0.15) is 45.1 Å². The molecule has 1 aliphatic heterocycles. The monoisotopic (exact) mass is 499 g/mol. The highest BCUT2D eigenvalue weighted by Gasteiger charge is 2.41. The molecule has 2 aliphatic rings. The number of halogens is 3. The molecule has 10 heteroatoms. The highest BCUT2D eigenvalue weighted by atomic mass is 32.2. The van der Waals surface area contributed by atoms with Gasteiger partial charge in [-0.2, -0.15) is 13.2 Å². The van der Waals surface area contributed by atoms with Crippen molar-refractivity contribution in [1.29, 1.82) is 0 Å².